The molecule has 1 fully saturated rings. The summed E-state index contributed by atoms with van der Waals surface area (Å²) >= 11 is 0. The van der Waals surface area contributed by atoms with Crippen molar-refractivity contribution in [1.29, 1.82) is 0 Å². The average molecular weight is 558 g/mol. The molecule has 3 aromatic heterocycles. The first-order chi connectivity index (χ1) is 19.6. The Morgan fingerprint density at radius 2 is 2.02 bits per heavy atom. The molecule has 1 aliphatic heterocycles. The molecule has 0 saturated heterocycles. The highest BCUT2D eigenvalue weighted by atomic mass is 16.5. The van der Waals surface area contributed by atoms with Gasteiger partial charge in [0.1, 0.15) is 0 Å². The SMILES string of the molecule is Cc1[nH]ncc1Nc1nccc(-c2ccc3c(c2)CN(C2CC(O)C2)CC[C@@H]3NC(=O)c2nc(C(C)(C)C)no2)n1. The molecule has 4 aromatic rings. The standard InChI is InChI=1S/C29H35N9O3/c1-16-24(14-31-36-16)34-28-30-9-7-22(33-28)17-5-6-21-18(11-17)15-38(19-12-20(39)13-19)10-8-23(21)32-25(40)26-35-27(37-41-26)29(2,3)4/h5-7,9,11,14,19-20,23,39H,8,10,12-13,15H2,1-4H3,(H,31,36)(H,32,40)(H,30,33,34)/t19?,20?,23-/m0/s1. The molecule has 0 unspecified atom stereocenters. The smallest absolute Gasteiger partial charge is 0.315 e. The number of aromatic amines is 1. The molecule has 1 amide bonds. The summed E-state index contributed by atoms with van der Waals surface area (Å²) in [7, 11) is 0. The molecule has 1 saturated carbocycles. The van der Waals surface area contributed by atoms with Crippen LogP contribution in [0.15, 0.2) is 41.2 Å². The first-order valence-corrected chi connectivity index (χ1v) is 13.9. The second kappa shape index (κ2) is 10.7. The lowest BCUT2D eigenvalue weighted by atomic mass is 9.88. The minimum Gasteiger partial charge on any atom is -0.393 e. The summed E-state index contributed by atoms with van der Waals surface area (Å²) in [6, 6.07) is 8.20. The highest BCUT2D eigenvalue weighted by molar-refractivity contribution is 5.89. The van der Waals surface area contributed by atoms with Gasteiger partial charge in [0, 0.05) is 36.3 Å². The van der Waals surface area contributed by atoms with Crippen molar-refractivity contribution in [2.45, 2.75) is 77.1 Å². The van der Waals surface area contributed by atoms with E-state index in [1.54, 1.807) is 12.4 Å². The summed E-state index contributed by atoms with van der Waals surface area (Å²) in [5.41, 5.74) is 5.26. The Bertz CT molecular complexity index is 1550. The van der Waals surface area contributed by atoms with Gasteiger partial charge in [-0.3, -0.25) is 14.8 Å². The van der Waals surface area contributed by atoms with Gasteiger partial charge in [0.05, 0.1) is 35.4 Å². The minimum atomic E-state index is -0.387. The lowest BCUT2D eigenvalue weighted by Crippen LogP contribution is -2.47. The highest BCUT2D eigenvalue weighted by Gasteiger charge is 2.35. The zero-order valence-electron chi connectivity index (χ0n) is 23.7. The molecule has 6 rings (SSSR count). The lowest BCUT2D eigenvalue weighted by molar-refractivity contribution is -0.00200. The van der Waals surface area contributed by atoms with Crippen molar-refractivity contribution in [1.82, 2.24) is 40.5 Å². The van der Waals surface area contributed by atoms with Crippen LogP contribution in [0.5, 0.6) is 0 Å². The Labute approximate surface area is 238 Å². The number of hydrogen-bond acceptors (Lipinski definition) is 10. The predicted octanol–water partition coefficient (Wildman–Crippen LogP) is 3.80. The van der Waals surface area contributed by atoms with E-state index in [0.717, 1.165) is 59.6 Å². The summed E-state index contributed by atoms with van der Waals surface area (Å²) in [6.45, 7) is 9.34. The minimum absolute atomic E-state index is 0.0369. The maximum absolute atomic E-state index is 13.2. The molecule has 214 valence electrons. The van der Waals surface area contributed by atoms with Crippen LogP contribution < -0.4 is 10.6 Å². The number of aryl methyl sites for hydroxylation is 1. The molecule has 0 spiro atoms. The summed E-state index contributed by atoms with van der Waals surface area (Å²) < 4.78 is 5.31. The maximum Gasteiger partial charge on any atom is 0.315 e. The van der Waals surface area contributed by atoms with Gasteiger partial charge in [-0.1, -0.05) is 38.1 Å². The third kappa shape index (κ3) is 5.70. The Hall–Kier alpha value is -4.16. The average Bonchev–Trinajstić information content (AvgIpc) is 3.54. The number of carbonyl (C=O) groups is 1. The van der Waals surface area contributed by atoms with Crippen molar-refractivity contribution < 1.29 is 14.4 Å². The molecule has 1 aromatic carbocycles. The number of amides is 1. The number of hydrogen-bond donors (Lipinski definition) is 4. The second-order valence-corrected chi connectivity index (χ2v) is 12.0. The van der Waals surface area contributed by atoms with E-state index in [-0.39, 0.29) is 29.4 Å². The van der Waals surface area contributed by atoms with E-state index >= 15 is 0 Å². The summed E-state index contributed by atoms with van der Waals surface area (Å²) in [5.74, 6) is 0.544. The fourth-order valence-electron chi connectivity index (χ4n) is 5.33. The van der Waals surface area contributed by atoms with Crippen LogP contribution in [-0.2, 0) is 12.0 Å². The van der Waals surface area contributed by atoms with Crippen LogP contribution >= 0.6 is 0 Å². The number of nitrogens with zero attached hydrogens (tertiary/aromatic N) is 6. The number of anilines is 2. The molecule has 4 N–H and O–H groups in total. The number of H-pyrrole nitrogens is 1. The highest BCUT2D eigenvalue weighted by Crippen LogP contribution is 2.35. The quantitative estimate of drug-likeness (QED) is 0.275. The lowest BCUT2D eigenvalue weighted by Gasteiger charge is -2.40. The molecule has 0 radical (unpaired) electrons. The molecule has 12 nitrogen and oxygen atoms in total. The predicted molar refractivity (Wildman–Crippen MR) is 151 cm³/mol. The fourth-order valence-corrected chi connectivity index (χ4v) is 5.33. The molecular weight excluding hydrogens is 522 g/mol. The van der Waals surface area contributed by atoms with Crippen LogP contribution in [0.3, 0.4) is 0 Å². The van der Waals surface area contributed by atoms with E-state index in [1.807, 2.05) is 39.8 Å². The van der Waals surface area contributed by atoms with Crippen LogP contribution in [-0.4, -0.2) is 64.9 Å². The molecular formula is C29H35N9O3. The van der Waals surface area contributed by atoms with Gasteiger partial charge in [-0.05, 0) is 49.4 Å². The number of carbonyl (C=O) groups excluding carboxylic acids is 1. The van der Waals surface area contributed by atoms with Gasteiger partial charge in [0.2, 0.25) is 5.95 Å². The zero-order valence-corrected chi connectivity index (χ0v) is 23.7. The number of nitrogens with one attached hydrogen (secondary N) is 3. The van der Waals surface area contributed by atoms with Crippen molar-refractivity contribution >= 4 is 17.5 Å². The number of benzene rings is 1. The fraction of sp³-hybridized carbons (Fsp3) is 0.448. The summed E-state index contributed by atoms with van der Waals surface area (Å²) in [4.78, 5) is 29.1. The van der Waals surface area contributed by atoms with Crippen molar-refractivity contribution in [2.24, 2.45) is 0 Å². The normalized spacial score (nSPS) is 21.0. The second-order valence-electron chi connectivity index (χ2n) is 12.0. The van der Waals surface area contributed by atoms with E-state index in [4.69, 9.17) is 9.51 Å². The first kappa shape index (κ1) is 27.0. The van der Waals surface area contributed by atoms with Crippen LogP contribution in [0.1, 0.15) is 79.4 Å². The Balaban J connectivity index is 1.28. The van der Waals surface area contributed by atoms with Gasteiger partial charge in [-0.15, -0.1) is 0 Å². The van der Waals surface area contributed by atoms with Crippen LogP contribution in [0.2, 0.25) is 0 Å². The molecule has 0 bridgehead atoms. The van der Waals surface area contributed by atoms with E-state index in [9.17, 15) is 9.90 Å². The van der Waals surface area contributed by atoms with Crippen LogP contribution in [0.4, 0.5) is 11.6 Å². The maximum atomic E-state index is 13.2. The third-order valence-electron chi connectivity index (χ3n) is 7.83. The zero-order chi connectivity index (χ0) is 28.7. The largest absolute Gasteiger partial charge is 0.393 e. The van der Waals surface area contributed by atoms with Gasteiger partial charge in [0.25, 0.3) is 0 Å². The van der Waals surface area contributed by atoms with Crippen LogP contribution in [0.25, 0.3) is 11.3 Å². The van der Waals surface area contributed by atoms with Crippen molar-refractivity contribution in [3.05, 3.63) is 65.2 Å². The summed E-state index contributed by atoms with van der Waals surface area (Å²) in [6.07, 6.45) is 5.43. The van der Waals surface area contributed by atoms with Gasteiger partial charge in [-0.2, -0.15) is 10.1 Å². The molecule has 1 atom stereocenters. The Morgan fingerprint density at radius 3 is 2.73 bits per heavy atom. The molecule has 41 heavy (non-hydrogen) atoms. The van der Waals surface area contributed by atoms with Crippen molar-refractivity contribution in [3.8, 4) is 11.3 Å². The number of aromatic nitrogens is 6. The topological polar surface area (TPSA) is 158 Å². The van der Waals surface area contributed by atoms with E-state index in [1.165, 1.54) is 0 Å². The molecule has 1 aliphatic carbocycles. The molecule has 4 heterocycles. The Morgan fingerprint density at radius 1 is 1.20 bits per heavy atom. The molecule has 12 heteroatoms. The Kier molecular flexibility index (Phi) is 7.04. The number of rotatable bonds is 6. The van der Waals surface area contributed by atoms with Gasteiger partial charge >= 0.3 is 11.8 Å². The number of aliphatic hydroxyl groups is 1. The van der Waals surface area contributed by atoms with E-state index < -0.39 is 0 Å². The number of aliphatic hydroxyl groups excluding tert-OH is 1. The van der Waals surface area contributed by atoms with E-state index in [0.29, 0.717) is 24.4 Å². The van der Waals surface area contributed by atoms with Crippen LogP contribution in [0, 0.1) is 6.92 Å². The van der Waals surface area contributed by atoms with Crippen molar-refractivity contribution in [3.63, 3.8) is 0 Å². The van der Waals surface area contributed by atoms with Crippen molar-refractivity contribution in [2.75, 3.05) is 11.9 Å². The third-order valence-corrected chi connectivity index (χ3v) is 7.83. The molecule has 2 aliphatic rings. The van der Waals surface area contributed by atoms with Gasteiger partial charge < -0.3 is 20.3 Å². The van der Waals surface area contributed by atoms with Gasteiger partial charge in [-0.25, -0.2) is 9.97 Å². The number of fused-ring (bicyclic) bond motifs is 1. The first-order valence-electron chi connectivity index (χ1n) is 13.9. The van der Waals surface area contributed by atoms with E-state index in [2.05, 4.69) is 53.0 Å². The monoisotopic (exact) mass is 557 g/mol. The van der Waals surface area contributed by atoms with Gasteiger partial charge in [0.15, 0.2) is 5.82 Å². The summed E-state index contributed by atoms with van der Waals surface area (Å²) in [5, 5.41) is 27.3.